The Labute approximate surface area is 259 Å². The minimum atomic E-state index is -0.661. The molecule has 3 aliphatic heterocycles. The lowest BCUT2D eigenvalue weighted by atomic mass is 9.69. The lowest BCUT2D eigenvalue weighted by Gasteiger charge is -2.41. The second-order valence-electron chi connectivity index (χ2n) is 13.3. The average Bonchev–Trinajstić information content (AvgIpc) is 3.66. The Bertz CT molecular complexity index is 1380. The number of hydrogen-bond acceptors (Lipinski definition) is 9. The molecule has 2 bridgehead atoms. The molecule has 1 aromatic heterocycles. The largest absolute Gasteiger partial charge is 0.497 e. The second-order valence-corrected chi connectivity index (χ2v) is 13.3. The smallest absolute Gasteiger partial charge is 0.306 e. The summed E-state index contributed by atoms with van der Waals surface area (Å²) in [5.41, 5.74) is 1.78. The number of methoxy groups -OCH3 is 1. The molecule has 238 valence electrons. The van der Waals surface area contributed by atoms with Gasteiger partial charge < -0.3 is 28.6 Å². The lowest BCUT2D eigenvalue weighted by Crippen LogP contribution is -2.49. The zero-order valence-electron chi connectivity index (χ0n) is 26.2. The first-order valence-electron chi connectivity index (χ1n) is 16.4. The summed E-state index contributed by atoms with van der Waals surface area (Å²) in [5, 5.41) is 0. The van der Waals surface area contributed by atoms with Crippen molar-refractivity contribution in [2.24, 2.45) is 23.2 Å². The Kier molecular flexibility index (Phi) is 9.08. The number of ether oxygens (including phenoxy) is 4. The quantitative estimate of drug-likeness (QED) is 0.360. The van der Waals surface area contributed by atoms with Crippen molar-refractivity contribution in [3.63, 3.8) is 0 Å². The van der Waals surface area contributed by atoms with E-state index in [4.69, 9.17) is 28.9 Å². The van der Waals surface area contributed by atoms with Crippen molar-refractivity contribution < 1.29 is 33.3 Å². The highest BCUT2D eigenvalue weighted by molar-refractivity contribution is 5.87. The van der Waals surface area contributed by atoms with Crippen LogP contribution in [0, 0.1) is 23.2 Å². The monoisotopic (exact) mass is 607 g/mol. The van der Waals surface area contributed by atoms with Gasteiger partial charge in [0, 0.05) is 25.2 Å². The maximum absolute atomic E-state index is 14.5. The Morgan fingerprint density at radius 2 is 1.89 bits per heavy atom. The van der Waals surface area contributed by atoms with Crippen LogP contribution in [-0.2, 0) is 30.3 Å². The van der Waals surface area contributed by atoms with Crippen molar-refractivity contribution in [1.29, 1.82) is 0 Å². The van der Waals surface area contributed by atoms with E-state index in [1.165, 1.54) is 0 Å². The van der Waals surface area contributed by atoms with Gasteiger partial charge in [0.1, 0.15) is 29.9 Å². The van der Waals surface area contributed by atoms with Gasteiger partial charge in [-0.15, -0.1) is 0 Å². The molecule has 4 aliphatic rings. The Balaban J connectivity index is 1.36. The van der Waals surface area contributed by atoms with E-state index >= 15 is 0 Å². The number of amides is 1. The summed E-state index contributed by atoms with van der Waals surface area (Å²) in [6, 6.07) is 4.97. The van der Waals surface area contributed by atoms with Crippen LogP contribution in [0.3, 0.4) is 0 Å². The Morgan fingerprint density at radius 3 is 2.64 bits per heavy atom. The molecule has 0 N–H and O–H groups in total. The van der Waals surface area contributed by atoms with Gasteiger partial charge in [0.25, 0.3) is 0 Å². The summed E-state index contributed by atoms with van der Waals surface area (Å²) in [7, 11) is 1.62. The van der Waals surface area contributed by atoms with Crippen LogP contribution in [0.1, 0.15) is 77.3 Å². The number of carbonyl (C=O) groups is 3. The van der Waals surface area contributed by atoms with E-state index in [9.17, 15) is 14.4 Å². The molecule has 0 spiro atoms. The van der Waals surface area contributed by atoms with E-state index in [2.05, 4.69) is 6.92 Å². The van der Waals surface area contributed by atoms with Gasteiger partial charge in [-0.25, -0.2) is 9.97 Å². The summed E-state index contributed by atoms with van der Waals surface area (Å²) in [5.74, 6) is 0.168. The molecule has 6 atom stereocenters. The Morgan fingerprint density at radius 1 is 1.07 bits per heavy atom. The third kappa shape index (κ3) is 6.28. The highest BCUT2D eigenvalue weighted by Gasteiger charge is 2.51. The Hall–Kier alpha value is -3.27. The maximum atomic E-state index is 14.5. The molecule has 10 nitrogen and oxygen atoms in total. The highest BCUT2D eigenvalue weighted by atomic mass is 16.5. The number of hydrogen-bond donors (Lipinski definition) is 0. The number of nitrogens with zero attached hydrogens (tertiary/aromatic N) is 3. The molecule has 1 aromatic carbocycles. The van der Waals surface area contributed by atoms with E-state index in [-0.39, 0.29) is 36.9 Å². The summed E-state index contributed by atoms with van der Waals surface area (Å²) < 4.78 is 23.6. The first-order valence-corrected chi connectivity index (χ1v) is 16.4. The molecule has 2 saturated heterocycles. The zero-order valence-corrected chi connectivity index (χ0v) is 26.2. The van der Waals surface area contributed by atoms with Crippen molar-refractivity contribution in [1.82, 2.24) is 14.9 Å². The summed E-state index contributed by atoms with van der Waals surface area (Å²) in [6.45, 7) is 5.39. The number of carbonyl (C=O) groups excluding carboxylic acids is 3. The molecular formula is C34H45N3O7. The fourth-order valence-corrected chi connectivity index (χ4v) is 7.47. The first-order chi connectivity index (χ1) is 21.3. The lowest BCUT2D eigenvalue weighted by molar-refractivity contribution is -0.156. The fraction of sp³-hybridized carbons (Fsp3) is 0.676. The molecule has 1 amide bonds. The standard InChI is InChI=1S/C34H45N3O7/c1-4-23-28(20-38)37-19-30(23)44-32-26(35-25-11-10-22(41-3)17-27(25)36-32)9-7-5-6-8-21-16-29(21)43-31(39)18-24(33(37)40)34(2)12-14-42-15-13-34/h10-11,17,20-21,23-24,28-30H,4-9,12-16,18-19H2,1-3H3/t21-,23+,24-,28-,29-,30+/m1/s1. The maximum Gasteiger partial charge on any atom is 0.306 e. The number of benzene rings is 1. The molecule has 10 heteroatoms. The van der Waals surface area contributed by atoms with Crippen LogP contribution in [0.4, 0.5) is 0 Å². The van der Waals surface area contributed by atoms with E-state index in [0.29, 0.717) is 62.0 Å². The molecule has 2 aromatic rings. The van der Waals surface area contributed by atoms with Crippen LogP contribution in [-0.4, -0.2) is 78.1 Å². The number of esters is 1. The van der Waals surface area contributed by atoms with Crippen LogP contribution in [0.15, 0.2) is 18.2 Å². The van der Waals surface area contributed by atoms with Gasteiger partial charge in [-0.3, -0.25) is 9.59 Å². The predicted molar refractivity (Wildman–Crippen MR) is 162 cm³/mol. The number of aromatic nitrogens is 2. The van der Waals surface area contributed by atoms with Gasteiger partial charge >= 0.3 is 5.97 Å². The molecule has 44 heavy (non-hydrogen) atoms. The van der Waals surface area contributed by atoms with Crippen LogP contribution >= 0.6 is 0 Å². The topological polar surface area (TPSA) is 117 Å². The van der Waals surface area contributed by atoms with Crippen molar-refractivity contribution in [3.8, 4) is 11.6 Å². The minimum absolute atomic E-state index is 0.00504. The molecule has 6 rings (SSSR count). The summed E-state index contributed by atoms with van der Waals surface area (Å²) >= 11 is 0. The third-order valence-corrected chi connectivity index (χ3v) is 10.5. The molecule has 0 radical (unpaired) electrons. The second kappa shape index (κ2) is 13.0. The van der Waals surface area contributed by atoms with Gasteiger partial charge in [0.15, 0.2) is 0 Å². The van der Waals surface area contributed by atoms with Gasteiger partial charge in [-0.2, -0.15) is 0 Å². The SMILES string of the molecule is CC[C@@H]1[C@@H]2CN(C(=O)[C@H](C3(C)CCOCC3)CC(=O)O[C@@H]3C[C@H]3CCCCCc3nc4ccc(OC)cc4nc3O2)[C@@H]1C=O. The van der Waals surface area contributed by atoms with Crippen LogP contribution in [0.2, 0.25) is 0 Å². The van der Waals surface area contributed by atoms with Crippen molar-refractivity contribution in [3.05, 3.63) is 23.9 Å². The fourth-order valence-electron chi connectivity index (χ4n) is 7.47. The molecular weight excluding hydrogens is 562 g/mol. The first kappa shape index (κ1) is 30.7. The van der Waals surface area contributed by atoms with Gasteiger partial charge in [0.05, 0.1) is 43.1 Å². The third-order valence-electron chi connectivity index (χ3n) is 10.5. The summed E-state index contributed by atoms with van der Waals surface area (Å²) in [6.07, 6.45) is 7.93. The molecule has 4 heterocycles. The number of fused-ring (bicyclic) bond motifs is 5. The van der Waals surface area contributed by atoms with Crippen molar-refractivity contribution in [2.45, 2.75) is 96.3 Å². The van der Waals surface area contributed by atoms with E-state index in [1.54, 1.807) is 12.0 Å². The van der Waals surface area contributed by atoms with E-state index in [0.717, 1.165) is 49.6 Å². The van der Waals surface area contributed by atoms with Gasteiger partial charge in [-0.1, -0.05) is 26.7 Å². The molecule has 0 unspecified atom stereocenters. The van der Waals surface area contributed by atoms with Crippen molar-refractivity contribution >= 4 is 29.2 Å². The van der Waals surface area contributed by atoms with Crippen LogP contribution in [0.25, 0.3) is 11.0 Å². The number of aryl methyl sites for hydroxylation is 1. The zero-order chi connectivity index (χ0) is 30.8. The average molecular weight is 608 g/mol. The molecule has 1 saturated carbocycles. The molecule has 3 fully saturated rings. The summed E-state index contributed by atoms with van der Waals surface area (Å²) in [4.78, 5) is 51.9. The van der Waals surface area contributed by atoms with Gasteiger partial charge in [0.2, 0.25) is 11.8 Å². The highest BCUT2D eigenvalue weighted by Crippen LogP contribution is 2.44. The van der Waals surface area contributed by atoms with Crippen LogP contribution < -0.4 is 9.47 Å². The van der Waals surface area contributed by atoms with E-state index < -0.39 is 23.5 Å². The number of aldehydes is 1. The van der Waals surface area contributed by atoms with Crippen LogP contribution in [0.5, 0.6) is 11.6 Å². The number of rotatable bonds is 4. The predicted octanol–water partition coefficient (Wildman–Crippen LogP) is 4.69. The van der Waals surface area contributed by atoms with Crippen molar-refractivity contribution in [2.75, 3.05) is 26.9 Å². The van der Waals surface area contributed by atoms with Gasteiger partial charge in [-0.05, 0) is 68.4 Å². The minimum Gasteiger partial charge on any atom is -0.497 e. The molecule has 1 aliphatic carbocycles. The van der Waals surface area contributed by atoms with E-state index in [1.807, 2.05) is 25.1 Å². The normalized spacial score (nSPS) is 31.1.